The summed E-state index contributed by atoms with van der Waals surface area (Å²) >= 11 is 0. The molecule has 158 valence electrons. The number of likely N-dealkylation sites (N-methyl/N-ethyl adjacent to an activating group) is 1. The summed E-state index contributed by atoms with van der Waals surface area (Å²) in [5, 5.41) is 0. The van der Waals surface area contributed by atoms with Gasteiger partial charge in [0.25, 0.3) is 0 Å². The van der Waals surface area contributed by atoms with Gasteiger partial charge in [-0.25, -0.2) is 12.8 Å². The Balaban J connectivity index is 1.83. The number of sulfonamides is 1. The van der Waals surface area contributed by atoms with Gasteiger partial charge in [-0.1, -0.05) is 31.9 Å². The monoisotopic (exact) mass is 413 g/mol. The van der Waals surface area contributed by atoms with Gasteiger partial charge in [0.05, 0.1) is 18.3 Å². The van der Waals surface area contributed by atoms with Crippen molar-refractivity contribution in [3.63, 3.8) is 0 Å². The number of hydrogen-bond acceptors (Lipinski definition) is 4. The average molecular weight is 414 g/mol. The van der Waals surface area contributed by atoms with Gasteiger partial charge >= 0.3 is 0 Å². The van der Waals surface area contributed by atoms with Gasteiger partial charge < -0.3 is 4.90 Å². The van der Waals surface area contributed by atoms with Crippen LogP contribution in [0.4, 0.5) is 4.39 Å². The van der Waals surface area contributed by atoms with Crippen LogP contribution in [0.15, 0.2) is 24.3 Å². The molecule has 6 nitrogen and oxygen atoms in total. The Morgan fingerprint density at radius 3 is 2.32 bits per heavy atom. The lowest BCUT2D eigenvalue weighted by Gasteiger charge is -2.35. The SMILES string of the molecule is CCCCCS(=O)(=O)N1CCN(CC(=O)N(C)C(C)c2ccc(F)cc2)CC1. The number of nitrogens with zero attached hydrogens (tertiary/aromatic N) is 3. The molecule has 0 aliphatic carbocycles. The molecule has 1 amide bonds. The summed E-state index contributed by atoms with van der Waals surface area (Å²) in [6, 6.07) is 6.00. The van der Waals surface area contributed by atoms with Crippen molar-refractivity contribution in [3.05, 3.63) is 35.6 Å². The Labute approximate surface area is 168 Å². The molecule has 1 heterocycles. The van der Waals surface area contributed by atoms with Crippen molar-refractivity contribution in [3.8, 4) is 0 Å². The fourth-order valence-electron chi connectivity index (χ4n) is 3.31. The lowest BCUT2D eigenvalue weighted by Crippen LogP contribution is -2.51. The molecule has 1 aliphatic rings. The molecule has 0 aromatic heterocycles. The second-order valence-corrected chi connectivity index (χ2v) is 9.52. The molecule has 0 N–H and O–H groups in total. The maximum absolute atomic E-state index is 13.1. The van der Waals surface area contributed by atoms with Gasteiger partial charge in [-0.2, -0.15) is 4.31 Å². The first-order valence-corrected chi connectivity index (χ1v) is 11.6. The van der Waals surface area contributed by atoms with E-state index in [1.807, 2.05) is 11.8 Å². The fourth-order valence-corrected chi connectivity index (χ4v) is 4.86. The number of piperazine rings is 1. The van der Waals surface area contributed by atoms with E-state index in [9.17, 15) is 17.6 Å². The second-order valence-electron chi connectivity index (χ2n) is 7.43. The summed E-state index contributed by atoms with van der Waals surface area (Å²) < 4.78 is 39.4. The summed E-state index contributed by atoms with van der Waals surface area (Å²) in [4.78, 5) is 16.3. The maximum Gasteiger partial charge on any atom is 0.236 e. The summed E-state index contributed by atoms with van der Waals surface area (Å²) in [5.41, 5.74) is 0.875. The molecule has 1 saturated heterocycles. The number of amides is 1. The molecule has 28 heavy (non-hydrogen) atoms. The molecule has 1 fully saturated rings. The molecule has 1 aromatic rings. The normalized spacial score (nSPS) is 17.4. The van der Waals surface area contributed by atoms with Crippen molar-refractivity contribution < 1.29 is 17.6 Å². The molecule has 1 aromatic carbocycles. The zero-order valence-corrected chi connectivity index (χ0v) is 17.9. The van der Waals surface area contributed by atoms with Crippen molar-refractivity contribution >= 4 is 15.9 Å². The van der Waals surface area contributed by atoms with Gasteiger partial charge in [0.15, 0.2) is 0 Å². The van der Waals surface area contributed by atoms with Gasteiger partial charge in [-0.05, 0) is 31.0 Å². The van der Waals surface area contributed by atoms with Crippen LogP contribution in [0.3, 0.4) is 0 Å². The van der Waals surface area contributed by atoms with E-state index >= 15 is 0 Å². The first-order chi connectivity index (χ1) is 13.2. The summed E-state index contributed by atoms with van der Waals surface area (Å²) in [6.07, 6.45) is 2.62. The molecule has 1 aliphatic heterocycles. The van der Waals surface area contributed by atoms with E-state index in [0.717, 1.165) is 18.4 Å². The molecule has 8 heteroatoms. The Hall–Kier alpha value is -1.51. The summed E-state index contributed by atoms with van der Waals surface area (Å²) in [7, 11) is -1.46. The van der Waals surface area contributed by atoms with Gasteiger partial charge in [0, 0.05) is 33.2 Å². The number of hydrogen-bond donors (Lipinski definition) is 0. The molecule has 1 unspecified atom stereocenters. The molecular formula is C20H32FN3O3S. The van der Waals surface area contributed by atoms with Crippen LogP contribution in [0.25, 0.3) is 0 Å². The van der Waals surface area contributed by atoms with Crippen molar-refractivity contribution in [2.75, 3.05) is 45.5 Å². The van der Waals surface area contributed by atoms with E-state index in [1.165, 1.54) is 12.1 Å². The van der Waals surface area contributed by atoms with Gasteiger partial charge in [-0.3, -0.25) is 9.69 Å². The first kappa shape index (κ1) is 22.8. The topological polar surface area (TPSA) is 60.9 Å². The molecule has 0 spiro atoms. The maximum atomic E-state index is 13.1. The number of unbranched alkanes of at least 4 members (excludes halogenated alkanes) is 2. The Bertz CT molecular complexity index is 732. The number of benzene rings is 1. The summed E-state index contributed by atoms with van der Waals surface area (Å²) in [5.74, 6) is -0.124. The van der Waals surface area contributed by atoms with E-state index in [2.05, 4.69) is 6.92 Å². The highest BCUT2D eigenvalue weighted by atomic mass is 32.2. The number of halogens is 1. The van der Waals surface area contributed by atoms with Gasteiger partial charge in [-0.15, -0.1) is 0 Å². The highest BCUT2D eigenvalue weighted by molar-refractivity contribution is 7.89. The predicted molar refractivity (Wildman–Crippen MR) is 109 cm³/mol. The zero-order chi connectivity index (χ0) is 20.7. The van der Waals surface area contributed by atoms with Crippen LogP contribution >= 0.6 is 0 Å². The van der Waals surface area contributed by atoms with Crippen LogP contribution < -0.4 is 0 Å². The smallest absolute Gasteiger partial charge is 0.236 e. The molecule has 0 saturated carbocycles. The van der Waals surface area contributed by atoms with E-state index < -0.39 is 10.0 Å². The minimum atomic E-state index is -3.20. The highest BCUT2D eigenvalue weighted by Crippen LogP contribution is 2.19. The van der Waals surface area contributed by atoms with Crippen LogP contribution in [0.1, 0.15) is 44.7 Å². The highest BCUT2D eigenvalue weighted by Gasteiger charge is 2.28. The van der Waals surface area contributed by atoms with E-state index in [0.29, 0.717) is 32.6 Å². The third-order valence-corrected chi connectivity index (χ3v) is 7.37. The second kappa shape index (κ2) is 10.3. The number of rotatable bonds is 9. The van der Waals surface area contributed by atoms with E-state index in [-0.39, 0.29) is 30.1 Å². The number of carbonyl (C=O) groups is 1. The predicted octanol–water partition coefficient (Wildman–Crippen LogP) is 2.48. The van der Waals surface area contributed by atoms with Crippen LogP contribution in [0.5, 0.6) is 0 Å². The van der Waals surface area contributed by atoms with Crippen molar-refractivity contribution in [2.24, 2.45) is 0 Å². The fraction of sp³-hybridized carbons (Fsp3) is 0.650. The molecule has 1 atom stereocenters. The van der Waals surface area contributed by atoms with Crippen LogP contribution in [0.2, 0.25) is 0 Å². The quantitative estimate of drug-likeness (QED) is 0.584. The third-order valence-electron chi connectivity index (χ3n) is 5.42. The third kappa shape index (κ3) is 6.25. The summed E-state index contributed by atoms with van der Waals surface area (Å²) in [6.45, 7) is 6.18. The van der Waals surface area contributed by atoms with E-state index in [1.54, 1.807) is 28.4 Å². The lowest BCUT2D eigenvalue weighted by molar-refractivity contribution is -0.133. The van der Waals surface area contributed by atoms with Crippen molar-refractivity contribution in [1.29, 1.82) is 0 Å². The average Bonchev–Trinajstić information content (AvgIpc) is 2.68. The Kier molecular flexibility index (Phi) is 8.39. The lowest BCUT2D eigenvalue weighted by atomic mass is 10.1. The minimum Gasteiger partial charge on any atom is -0.338 e. The Morgan fingerprint density at radius 1 is 1.14 bits per heavy atom. The van der Waals surface area contributed by atoms with Crippen LogP contribution in [-0.4, -0.2) is 74.0 Å². The van der Waals surface area contributed by atoms with E-state index in [4.69, 9.17) is 0 Å². The minimum absolute atomic E-state index is 0.0314. The van der Waals surface area contributed by atoms with Crippen molar-refractivity contribution in [1.82, 2.24) is 14.1 Å². The molecule has 0 bridgehead atoms. The Morgan fingerprint density at radius 2 is 1.75 bits per heavy atom. The zero-order valence-electron chi connectivity index (χ0n) is 17.1. The van der Waals surface area contributed by atoms with Gasteiger partial charge in [0.2, 0.25) is 15.9 Å². The largest absolute Gasteiger partial charge is 0.338 e. The molecule has 0 radical (unpaired) electrons. The van der Waals surface area contributed by atoms with Crippen LogP contribution in [-0.2, 0) is 14.8 Å². The molecule has 2 rings (SSSR count). The number of carbonyl (C=O) groups excluding carboxylic acids is 1. The van der Waals surface area contributed by atoms with Crippen molar-refractivity contribution in [2.45, 2.75) is 39.2 Å². The standard InChI is InChI=1S/C20H32FN3O3S/c1-4-5-6-15-28(26,27)24-13-11-23(12-14-24)16-20(25)22(3)17(2)18-7-9-19(21)10-8-18/h7-10,17H,4-6,11-16H2,1-3H3. The first-order valence-electron chi connectivity index (χ1n) is 9.96. The molecular weight excluding hydrogens is 381 g/mol. The van der Waals surface area contributed by atoms with Crippen LogP contribution in [0, 0.1) is 5.82 Å². The van der Waals surface area contributed by atoms with Gasteiger partial charge in [0.1, 0.15) is 5.82 Å².